The van der Waals surface area contributed by atoms with E-state index in [0.717, 1.165) is 0 Å². The van der Waals surface area contributed by atoms with Crippen molar-refractivity contribution in [1.29, 1.82) is 0 Å². The maximum absolute atomic E-state index is 11.4. The topological polar surface area (TPSA) is 77.9 Å². The minimum atomic E-state index is -0.964. The molecule has 1 atom stereocenters. The molecule has 1 fully saturated rings. The molecule has 0 spiro atoms. The van der Waals surface area contributed by atoms with Crippen molar-refractivity contribution in [2.24, 2.45) is 5.92 Å². The van der Waals surface area contributed by atoms with Crippen LogP contribution >= 0.6 is 0 Å². The van der Waals surface area contributed by atoms with Gasteiger partial charge in [0.2, 0.25) is 11.8 Å². The van der Waals surface area contributed by atoms with Gasteiger partial charge in [-0.15, -0.1) is 0 Å². The van der Waals surface area contributed by atoms with Crippen LogP contribution < -0.4 is 0 Å². The van der Waals surface area contributed by atoms with Crippen LogP contribution in [0.25, 0.3) is 0 Å². The summed E-state index contributed by atoms with van der Waals surface area (Å²) in [5, 5.41) is 8.68. The first kappa shape index (κ1) is 11.5. The number of hydrogen-bond acceptors (Lipinski definition) is 3. The Hall–Kier alpha value is -1.59. The van der Waals surface area contributed by atoms with Crippen molar-refractivity contribution in [3.63, 3.8) is 0 Å². The highest BCUT2D eigenvalue weighted by Gasteiger charge is 2.29. The van der Waals surface area contributed by atoms with Crippen molar-refractivity contribution >= 4 is 17.8 Å². The van der Waals surface area contributed by atoms with Gasteiger partial charge in [0.15, 0.2) is 0 Å². The van der Waals surface area contributed by atoms with Gasteiger partial charge in [-0.25, -0.2) is 0 Å². The van der Waals surface area contributed by atoms with Crippen LogP contribution in [0.15, 0.2) is 0 Å². The fourth-order valence-electron chi connectivity index (χ4n) is 1.34. The fraction of sp³-hybridized carbons (Fsp3) is 0.667. The van der Waals surface area contributed by atoms with Crippen LogP contribution in [0.2, 0.25) is 0 Å². The van der Waals surface area contributed by atoms with E-state index in [-0.39, 0.29) is 31.4 Å². The molecule has 0 aromatic carbocycles. The molecule has 1 rings (SSSR count). The van der Waals surface area contributed by atoms with Crippen LogP contribution in [0, 0.1) is 5.92 Å². The van der Waals surface area contributed by atoms with E-state index in [1.165, 1.54) is 16.7 Å². The second-order valence-electron chi connectivity index (χ2n) is 3.76. The largest absolute Gasteiger partial charge is 0.481 e. The van der Waals surface area contributed by atoms with Crippen LogP contribution in [0.1, 0.15) is 6.92 Å². The zero-order chi connectivity index (χ0) is 11.6. The summed E-state index contributed by atoms with van der Waals surface area (Å²) in [6.45, 7) is 1.62. The lowest BCUT2D eigenvalue weighted by molar-refractivity contribution is -0.151. The molecule has 15 heavy (non-hydrogen) atoms. The summed E-state index contributed by atoms with van der Waals surface area (Å²) in [6.07, 6.45) is 0. The van der Waals surface area contributed by atoms with E-state index >= 15 is 0 Å². The van der Waals surface area contributed by atoms with E-state index in [2.05, 4.69) is 0 Å². The summed E-state index contributed by atoms with van der Waals surface area (Å²) < 4.78 is 0. The first-order chi connectivity index (χ1) is 6.91. The van der Waals surface area contributed by atoms with Crippen molar-refractivity contribution in [3.05, 3.63) is 0 Å². The van der Waals surface area contributed by atoms with Gasteiger partial charge in [-0.2, -0.15) is 0 Å². The van der Waals surface area contributed by atoms with E-state index < -0.39 is 11.9 Å². The third-order valence-electron chi connectivity index (χ3n) is 2.39. The van der Waals surface area contributed by atoms with Crippen LogP contribution in [-0.2, 0) is 14.4 Å². The molecule has 0 aliphatic carbocycles. The summed E-state index contributed by atoms with van der Waals surface area (Å²) in [7, 11) is 1.55. The van der Waals surface area contributed by atoms with Gasteiger partial charge in [0.05, 0.1) is 19.0 Å². The molecule has 84 valence electrons. The SMILES string of the molecule is CC(CN1CC(=O)N(C)CC1=O)C(=O)O. The normalized spacial score (nSPS) is 19.3. The van der Waals surface area contributed by atoms with Crippen molar-refractivity contribution < 1.29 is 19.5 Å². The van der Waals surface area contributed by atoms with E-state index in [9.17, 15) is 14.4 Å². The number of aliphatic carboxylic acids is 1. The number of carbonyl (C=O) groups is 3. The Balaban J connectivity index is 2.59. The summed E-state index contributed by atoms with van der Waals surface area (Å²) >= 11 is 0. The molecule has 1 aliphatic heterocycles. The Morgan fingerprint density at radius 2 is 2.00 bits per heavy atom. The molecule has 0 saturated carbocycles. The Kier molecular flexibility index (Phi) is 3.28. The number of hydrogen-bond donors (Lipinski definition) is 1. The molecule has 0 aromatic heterocycles. The van der Waals surface area contributed by atoms with E-state index in [0.29, 0.717) is 0 Å². The maximum atomic E-state index is 11.4. The summed E-state index contributed by atoms with van der Waals surface area (Å²) in [6, 6.07) is 0. The lowest BCUT2D eigenvalue weighted by Gasteiger charge is -2.32. The van der Waals surface area contributed by atoms with Gasteiger partial charge in [-0.05, 0) is 0 Å². The third kappa shape index (κ3) is 2.68. The molecule has 1 unspecified atom stereocenters. The molecule has 0 bridgehead atoms. The monoisotopic (exact) mass is 214 g/mol. The molecule has 2 amide bonds. The molecule has 6 nitrogen and oxygen atoms in total. The van der Waals surface area contributed by atoms with Gasteiger partial charge in [-0.1, -0.05) is 6.92 Å². The van der Waals surface area contributed by atoms with Gasteiger partial charge in [-0.3, -0.25) is 14.4 Å². The first-order valence-corrected chi connectivity index (χ1v) is 4.66. The second kappa shape index (κ2) is 4.29. The number of piperazine rings is 1. The molecule has 1 N–H and O–H groups in total. The van der Waals surface area contributed by atoms with Gasteiger partial charge >= 0.3 is 5.97 Å². The molecule has 1 saturated heterocycles. The number of likely N-dealkylation sites (N-methyl/N-ethyl adjacent to an activating group) is 1. The van der Waals surface area contributed by atoms with Gasteiger partial charge in [0, 0.05) is 13.6 Å². The number of rotatable bonds is 3. The van der Waals surface area contributed by atoms with Crippen molar-refractivity contribution in [2.45, 2.75) is 6.92 Å². The van der Waals surface area contributed by atoms with E-state index in [1.807, 2.05) is 0 Å². The first-order valence-electron chi connectivity index (χ1n) is 4.66. The van der Waals surface area contributed by atoms with Crippen LogP contribution in [0.3, 0.4) is 0 Å². The van der Waals surface area contributed by atoms with E-state index in [1.54, 1.807) is 7.05 Å². The van der Waals surface area contributed by atoms with Crippen LogP contribution in [0.4, 0.5) is 0 Å². The average Bonchev–Trinajstić information content (AvgIpc) is 2.13. The third-order valence-corrected chi connectivity index (χ3v) is 2.39. The molecular weight excluding hydrogens is 200 g/mol. The number of nitrogens with zero attached hydrogens (tertiary/aromatic N) is 2. The number of carbonyl (C=O) groups excluding carboxylic acids is 2. The highest BCUT2D eigenvalue weighted by atomic mass is 16.4. The Morgan fingerprint density at radius 3 is 2.53 bits per heavy atom. The van der Waals surface area contributed by atoms with Crippen molar-refractivity contribution in [2.75, 3.05) is 26.7 Å². The van der Waals surface area contributed by atoms with E-state index in [4.69, 9.17) is 5.11 Å². The standard InChI is InChI=1S/C9H14N2O4/c1-6(9(14)15)3-11-5-7(12)10(2)4-8(11)13/h6H,3-5H2,1-2H3,(H,14,15). The van der Waals surface area contributed by atoms with Gasteiger partial charge < -0.3 is 14.9 Å². The molecule has 0 radical (unpaired) electrons. The summed E-state index contributed by atoms with van der Waals surface area (Å²) in [5.41, 5.74) is 0. The molecular formula is C9H14N2O4. The average molecular weight is 214 g/mol. The van der Waals surface area contributed by atoms with Gasteiger partial charge in [0.1, 0.15) is 0 Å². The van der Waals surface area contributed by atoms with Crippen LogP contribution in [0.5, 0.6) is 0 Å². The quantitative estimate of drug-likeness (QED) is 0.654. The number of amides is 2. The predicted octanol–water partition coefficient (Wildman–Crippen LogP) is -0.992. The highest BCUT2D eigenvalue weighted by Crippen LogP contribution is 2.06. The number of carboxylic acid groups (broad SMARTS) is 1. The fourth-order valence-corrected chi connectivity index (χ4v) is 1.34. The molecule has 6 heteroatoms. The predicted molar refractivity (Wildman–Crippen MR) is 51.0 cm³/mol. The maximum Gasteiger partial charge on any atom is 0.308 e. The minimum Gasteiger partial charge on any atom is -0.481 e. The second-order valence-corrected chi connectivity index (χ2v) is 3.76. The van der Waals surface area contributed by atoms with Crippen LogP contribution in [-0.4, -0.2) is 59.4 Å². The Bertz CT molecular complexity index is 302. The molecule has 1 heterocycles. The Labute approximate surface area is 87.5 Å². The summed E-state index contributed by atoms with van der Waals surface area (Å²) in [4.78, 5) is 36.0. The van der Waals surface area contributed by atoms with Gasteiger partial charge in [0.25, 0.3) is 0 Å². The lowest BCUT2D eigenvalue weighted by Crippen LogP contribution is -2.53. The summed E-state index contributed by atoms with van der Waals surface area (Å²) in [5.74, 6) is -1.98. The Morgan fingerprint density at radius 1 is 1.40 bits per heavy atom. The zero-order valence-electron chi connectivity index (χ0n) is 8.77. The minimum absolute atomic E-state index is 0.0209. The zero-order valence-corrected chi connectivity index (χ0v) is 8.77. The van der Waals surface area contributed by atoms with Crippen molar-refractivity contribution in [3.8, 4) is 0 Å². The number of carboxylic acids is 1. The lowest BCUT2D eigenvalue weighted by atomic mass is 10.1. The molecule has 1 aliphatic rings. The highest BCUT2D eigenvalue weighted by molar-refractivity contribution is 5.92. The van der Waals surface area contributed by atoms with Crippen molar-refractivity contribution in [1.82, 2.24) is 9.80 Å². The smallest absolute Gasteiger partial charge is 0.308 e. The molecule has 0 aromatic rings.